The fraction of sp³-hybridized carbons (Fsp3) is 0.375. The molecule has 1 aromatic heterocycles. The van der Waals surface area contributed by atoms with Crippen LogP contribution in [0.2, 0.25) is 0 Å². The smallest absolute Gasteiger partial charge is 0.273 e. The van der Waals surface area contributed by atoms with Crippen LogP contribution in [0.3, 0.4) is 0 Å². The third-order valence-corrected chi connectivity index (χ3v) is 5.12. The van der Waals surface area contributed by atoms with E-state index in [1.165, 1.54) is 0 Å². The predicted octanol–water partition coefficient (Wildman–Crippen LogP) is 2.86. The Balaban J connectivity index is 1.55. The predicted molar refractivity (Wildman–Crippen MR) is 82.8 cm³/mol. The van der Waals surface area contributed by atoms with Crippen molar-refractivity contribution in [3.05, 3.63) is 35.5 Å². The number of hydrogen-bond acceptors (Lipinski definition) is 5. The van der Waals surface area contributed by atoms with Gasteiger partial charge in [-0.25, -0.2) is 0 Å². The lowest BCUT2D eigenvalue weighted by atomic mass is 10.1. The van der Waals surface area contributed by atoms with Crippen molar-refractivity contribution in [1.82, 2.24) is 10.5 Å². The summed E-state index contributed by atoms with van der Waals surface area (Å²) in [4.78, 5) is 13.5. The number of aromatic nitrogens is 1. The number of carbonyl (C=O) groups excluding carboxylic acids is 1. The number of carbonyl (C=O) groups is 1. The normalized spacial score (nSPS) is 19.5. The van der Waals surface area contributed by atoms with Crippen LogP contribution in [0.5, 0.6) is 0 Å². The molecule has 1 unspecified atom stereocenters. The Bertz CT molecular complexity index is 707. The van der Waals surface area contributed by atoms with Gasteiger partial charge in [0, 0.05) is 34.9 Å². The summed E-state index contributed by atoms with van der Waals surface area (Å²) in [5.74, 6) is 1.25. The zero-order valence-electron chi connectivity index (χ0n) is 12.0. The summed E-state index contributed by atoms with van der Waals surface area (Å²) < 4.78 is 11.0. The molecule has 1 N–H and O–H groups in total. The SMILES string of the molecule is O=C(NCC1CCCO1)c1noc2c1CSc1ccccc1-2. The summed E-state index contributed by atoms with van der Waals surface area (Å²) >= 11 is 1.71. The van der Waals surface area contributed by atoms with Gasteiger partial charge in [-0.1, -0.05) is 17.3 Å². The quantitative estimate of drug-likeness (QED) is 0.943. The number of rotatable bonds is 3. The fourth-order valence-corrected chi connectivity index (χ4v) is 3.92. The van der Waals surface area contributed by atoms with Crippen molar-refractivity contribution < 1.29 is 14.1 Å². The van der Waals surface area contributed by atoms with Crippen LogP contribution >= 0.6 is 11.8 Å². The van der Waals surface area contributed by atoms with E-state index in [0.717, 1.165) is 41.2 Å². The first-order chi connectivity index (χ1) is 10.8. The minimum atomic E-state index is -0.180. The summed E-state index contributed by atoms with van der Waals surface area (Å²) in [6, 6.07) is 8.03. The molecule has 2 aromatic rings. The lowest BCUT2D eigenvalue weighted by Gasteiger charge is -2.14. The van der Waals surface area contributed by atoms with Crippen molar-refractivity contribution in [1.29, 1.82) is 0 Å². The zero-order valence-corrected chi connectivity index (χ0v) is 12.8. The molecule has 22 heavy (non-hydrogen) atoms. The van der Waals surface area contributed by atoms with Gasteiger partial charge in [-0.2, -0.15) is 0 Å². The van der Waals surface area contributed by atoms with Gasteiger partial charge >= 0.3 is 0 Å². The molecule has 0 saturated carbocycles. The minimum absolute atomic E-state index is 0.127. The highest BCUT2D eigenvalue weighted by Gasteiger charge is 2.28. The van der Waals surface area contributed by atoms with Gasteiger partial charge in [0.1, 0.15) is 0 Å². The van der Waals surface area contributed by atoms with Crippen molar-refractivity contribution in [2.45, 2.75) is 29.6 Å². The largest absolute Gasteiger partial charge is 0.376 e. The first-order valence-corrected chi connectivity index (χ1v) is 8.42. The number of nitrogens with zero attached hydrogens (tertiary/aromatic N) is 1. The molecule has 2 aliphatic rings. The maximum atomic E-state index is 12.3. The highest BCUT2D eigenvalue weighted by molar-refractivity contribution is 7.98. The topological polar surface area (TPSA) is 64.4 Å². The van der Waals surface area contributed by atoms with Crippen LogP contribution in [-0.2, 0) is 10.5 Å². The van der Waals surface area contributed by atoms with Crippen LogP contribution in [0, 0.1) is 0 Å². The Labute approximate surface area is 132 Å². The van der Waals surface area contributed by atoms with Gasteiger partial charge in [0.15, 0.2) is 11.5 Å². The van der Waals surface area contributed by atoms with Crippen LogP contribution in [0.4, 0.5) is 0 Å². The highest BCUT2D eigenvalue weighted by Crippen LogP contribution is 2.42. The van der Waals surface area contributed by atoms with E-state index in [1.807, 2.05) is 18.2 Å². The molecule has 1 amide bonds. The molecule has 6 heteroatoms. The molecule has 2 aliphatic heterocycles. The van der Waals surface area contributed by atoms with Gasteiger partial charge in [-0.15, -0.1) is 11.8 Å². The second-order valence-electron chi connectivity index (χ2n) is 5.47. The first-order valence-electron chi connectivity index (χ1n) is 7.43. The van der Waals surface area contributed by atoms with Gasteiger partial charge in [0.25, 0.3) is 5.91 Å². The Kier molecular flexibility index (Phi) is 3.63. The molecular weight excluding hydrogens is 300 g/mol. The maximum absolute atomic E-state index is 12.3. The third kappa shape index (κ3) is 2.42. The number of ether oxygens (including phenoxy) is 1. The lowest BCUT2D eigenvalue weighted by molar-refractivity contribution is 0.0850. The average molecular weight is 316 g/mol. The molecule has 114 valence electrons. The number of fused-ring (bicyclic) bond motifs is 3. The van der Waals surface area contributed by atoms with E-state index in [0.29, 0.717) is 18.0 Å². The van der Waals surface area contributed by atoms with Gasteiger partial charge in [-0.3, -0.25) is 4.79 Å². The van der Waals surface area contributed by atoms with E-state index in [9.17, 15) is 4.79 Å². The number of hydrogen-bond donors (Lipinski definition) is 1. The number of nitrogens with one attached hydrogen (secondary N) is 1. The molecular formula is C16H16N2O3S. The molecule has 0 spiro atoms. The molecule has 1 fully saturated rings. The summed E-state index contributed by atoms with van der Waals surface area (Å²) in [6.07, 6.45) is 2.19. The second-order valence-corrected chi connectivity index (χ2v) is 6.49. The van der Waals surface area contributed by atoms with Crippen molar-refractivity contribution in [2.75, 3.05) is 13.2 Å². The molecule has 0 bridgehead atoms. The van der Waals surface area contributed by atoms with Gasteiger partial charge in [0.2, 0.25) is 0 Å². The fourth-order valence-electron chi connectivity index (χ4n) is 2.86. The second kappa shape index (κ2) is 5.78. The maximum Gasteiger partial charge on any atom is 0.273 e. The van der Waals surface area contributed by atoms with Crippen LogP contribution in [0.1, 0.15) is 28.9 Å². The molecule has 0 aliphatic carbocycles. The summed E-state index contributed by atoms with van der Waals surface area (Å²) in [6.45, 7) is 1.32. The van der Waals surface area contributed by atoms with Crippen molar-refractivity contribution in [3.8, 4) is 11.3 Å². The van der Waals surface area contributed by atoms with E-state index >= 15 is 0 Å². The number of thioether (sulfide) groups is 1. The van der Waals surface area contributed by atoms with E-state index in [1.54, 1.807) is 11.8 Å². The zero-order chi connectivity index (χ0) is 14.9. The summed E-state index contributed by atoms with van der Waals surface area (Å²) in [7, 11) is 0. The molecule has 1 atom stereocenters. The molecule has 1 aromatic carbocycles. The van der Waals surface area contributed by atoms with E-state index in [2.05, 4.69) is 16.5 Å². The Morgan fingerprint density at radius 1 is 1.41 bits per heavy atom. The van der Waals surface area contributed by atoms with Crippen molar-refractivity contribution >= 4 is 17.7 Å². The highest BCUT2D eigenvalue weighted by atomic mass is 32.2. The van der Waals surface area contributed by atoms with Crippen LogP contribution < -0.4 is 5.32 Å². The molecule has 0 radical (unpaired) electrons. The Hall–Kier alpha value is -1.79. The molecule has 3 heterocycles. The molecule has 5 nitrogen and oxygen atoms in total. The van der Waals surface area contributed by atoms with Crippen LogP contribution in [0.25, 0.3) is 11.3 Å². The minimum Gasteiger partial charge on any atom is -0.376 e. The van der Waals surface area contributed by atoms with Gasteiger partial charge < -0.3 is 14.6 Å². The van der Waals surface area contributed by atoms with E-state index in [4.69, 9.17) is 9.26 Å². The Morgan fingerprint density at radius 2 is 2.32 bits per heavy atom. The molecule has 4 rings (SSSR count). The third-order valence-electron chi connectivity index (χ3n) is 4.02. The summed E-state index contributed by atoms with van der Waals surface area (Å²) in [5.41, 5.74) is 2.29. The van der Waals surface area contributed by atoms with E-state index in [-0.39, 0.29) is 12.0 Å². The van der Waals surface area contributed by atoms with Gasteiger partial charge in [0.05, 0.1) is 6.10 Å². The number of amides is 1. The first kappa shape index (κ1) is 13.8. The van der Waals surface area contributed by atoms with Crippen LogP contribution in [0.15, 0.2) is 33.7 Å². The number of benzene rings is 1. The summed E-state index contributed by atoms with van der Waals surface area (Å²) in [5, 5.41) is 6.91. The molecule has 1 saturated heterocycles. The van der Waals surface area contributed by atoms with E-state index < -0.39 is 0 Å². The standard InChI is InChI=1S/C16H16N2O3S/c19-16(17-8-10-4-3-7-20-10)14-12-9-22-13-6-2-1-5-11(13)15(12)21-18-14/h1-2,5-6,10H,3-4,7-9H2,(H,17,19). The lowest BCUT2D eigenvalue weighted by Crippen LogP contribution is -2.32. The van der Waals surface area contributed by atoms with Crippen molar-refractivity contribution in [3.63, 3.8) is 0 Å². The van der Waals surface area contributed by atoms with Crippen LogP contribution in [-0.4, -0.2) is 30.3 Å². The average Bonchev–Trinajstić information content (AvgIpc) is 3.22. The van der Waals surface area contributed by atoms with Crippen molar-refractivity contribution in [2.24, 2.45) is 0 Å². The monoisotopic (exact) mass is 316 g/mol. The van der Waals surface area contributed by atoms with Gasteiger partial charge in [-0.05, 0) is 25.0 Å². The Morgan fingerprint density at radius 3 is 3.18 bits per heavy atom.